The van der Waals surface area contributed by atoms with Crippen LogP contribution in [0.3, 0.4) is 0 Å². The molecule has 17 heavy (non-hydrogen) atoms. The summed E-state index contributed by atoms with van der Waals surface area (Å²) in [6.07, 6.45) is 3.20. The molecule has 0 amide bonds. The summed E-state index contributed by atoms with van der Waals surface area (Å²) in [4.78, 5) is 11.5. The van der Waals surface area contributed by atoms with Crippen molar-refractivity contribution in [2.45, 2.75) is 38.2 Å². The number of ether oxygens (including phenoxy) is 1. The lowest BCUT2D eigenvalue weighted by atomic mass is 9.78. The van der Waals surface area contributed by atoms with Crippen LogP contribution in [-0.4, -0.2) is 16.7 Å². The van der Waals surface area contributed by atoms with Crippen LogP contribution in [0.25, 0.3) is 0 Å². The number of benzene rings is 1. The summed E-state index contributed by atoms with van der Waals surface area (Å²) in [6.45, 7) is 2.09. The maximum Gasteiger partial charge on any atom is 0.348 e. The van der Waals surface area contributed by atoms with Crippen molar-refractivity contribution in [2.75, 3.05) is 0 Å². The first-order valence-corrected chi connectivity index (χ1v) is 6.10. The Morgan fingerprint density at radius 2 is 2.12 bits per heavy atom. The van der Waals surface area contributed by atoms with Gasteiger partial charge in [-0.3, -0.25) is 0 Å². The van der Waals surface area contributed by atoms with Gasteiger partial charge in [-0.25, -0.2) is 4.79 Å². The molecule has 0 bridgehead atoms. The molecule has 92 valence electrons. The van der Waals surface area contributed by atoms with Gasteiger partial charge in [-0.2, -0.15) is 0 Å². The van der Waals surface area contributed by atoms with E-state index >= 15 is 0 Å². The highest BCUT2D eigenvalue weighted by atomic mass is 16.5. The molecule has 1 fully saturated rings. The SMILES string of the molecule is CC1CCCC(Oc2ccccc2)(C(=O)O)C1. The predicted octanol–water partition coefficient (Wildman–Crippen LogP) is 3.10. The molecule has 1 N–H and O–H groups in total. The number of aliphatic carboxylic acids is 1. The normalized spacial score (nSPS) is 28.6. The molecule has 2 unspecified atom stereocenters. The number of hydrogen-bond acceptors (Lipinski definition) is 2. The van der Waals surface area contributed by atoms with Crippen molar-refractivity contribution >= 4 is 5.97 Å². The lowest BCUT2D eigenvalue weighted by Crippen LogP contribution is -2.48. The second-order valence-electron chi connectivity index (χ2n) is 4.92. The molecule has 1 aliphatic rings. The first-order chi connectivity index (χ1) is 8.12. The van der Waals surface area contributed by atoms with Crippen LogP contribution in [0.5, 0.6) is 5.75 Å². The van der Waals surface area contributed by atoms with Gasteiger partial charge in [-0.05, 0) is 30.9 Å². The first-order valence-electron chi connectivity index (χ1n) is 6.10. The van der Waals surface area contributed by atoms with E-state index in [4.69, 9.17) is 4.74 Å². The highest BCUT2D eigenvalue weighted by molar-refractivity contribution is 5.78. The van der Waals surface area contributed by atoms with Crippen LogP contribution < -0.4 is 4.74 Å². The van der Waals surface area contributed by atoms with Crippen LogP contribution >= 0.6 is 0 Å². The van der Waals surface area contributed by atoms with Crippen molar-refractivity contribution in [3.63, 3.8) is 0 Å². The molecule has 0 radical (unpaired) electrons. The zero-order valence-electron chi connectivity index (χ0n) is 10.1. The summed E-state index contributed by atoms with van der Waals surface area (Å²) >= 11 is 0. The van der Waals surface area contributed by atoms with Gasteiger partial charge in [-0.15, -0.1) is 0 Å². The van der Waals surface area contributed by atoms with E-state index in [0.29, 0.717) is 24.5 Å². The second kappa shape index (κ2) is 4.78. The van der Waals surface area contributed by atoms with Crippen molar-refractivity contribution in [3.05, 3.63) is 30.3 Å². The third-order valence-corrected chi connectivity index (χ3v) is 3.40. The third-order valence-electron chi connectivity index (χ3n) is 3.40. The molecule has 0 spiro atoms. The number of carbonyl (C=O) groups is 1. The Balaban J connectivity index is 2.20. The fraction of sp³-hybridized carbons (Fsp3) is 0.500. The minimum atomic E-state index is -1.03. The molecule has 0 aromatic heterocycles. The summed E-state index contributed by atoms with van der Waals surface area (Å²) in [5.74, 6) is 0.209. The molecule has 2 rings (SSSR count). The second-order valence-corrected chi connectivity index (χ2v) is 4.92. The molecule has 1 saturated carbocycles. The van der Waals surface area contributed by atoms with Gasteiger partial charge in [0.15, 0.2) is 0 Å². The van der Waals surface area contributed by atoms with Gasteiger partial charge < -0.3 is 9.84 Å². The standard InChI is InChI=1S/C14H18O3/c1-11-6-5-9-14(10-11,13(15)16)17-12-7-3-2-4-8-12/h2-4,7-8,11H,5-6,9-10H2,1H3,(H,15,16). The van der Waals surface area contributed by atoms with E-state index in [0.717, 1.165) is 12.8 Å². The van der Waals surface area contributed by atoms with Gasteiger partial charge >= 0.3 is 5.97 Å². The zero-order valence-corrected chi connectivity index (χ0v) is 10.1. The van der Waals surface area contributed by atoms with E-state index < -0.39 is 11.6 Å². The number of carboxylic acid groups (broad SMARTS) is 1. The average Bonchev–Trinajstić information content (AvgIpc) is 2.30. The predicted molar refractivity (Wildman–Crippen MR) is 65.1 cm³/mol. The molecular weight excluding hydrogens is 216 g/mol. The molecular formula is C14H18O3. The lowest BCUT2D eigenvalue weighted by molar-refractivity contribution is -0.159. The summed E-state index contributed by atoms with van der Waals surface area (Å²) in [5, 5.41) is 9.44. The van der Waals surface area contributed by atoms with Crippen LogP contribution in [0.4, 0.5) is 0 Å². The number of para-hydroxylation sites is 1. The Morgan fingerprint density at radius 1 is 1.41 bits per heavy atom. The van der Waals surface area contributed by atoms with Crippen LogP contribution in [0, 0.1) is 5.92 Å². The monoisotopic (exact) mass is 234 g/mol. The quantitative estimate of drug-likeness (QED) is 0.874. The van der Waals surface area contributed by atoms with Gasteiger partial charge in [0.2, 0.25) is 5.60 Å². The van der Waals surface area contributed by atoms with Crippen LogP contribution in [-0.2, 0) is 4.79 Å². The molecule has 3 nitrogen and oxygen atoms in total. The Hall–Kier alpha value is -1.51. The molecule has 1 aromatic rings. The van der Waals surface area contributed by atoms with E-state index in [1.807, 2.05) is 30.3 Å². The first kappa shape index (κ1) is 12.0. The summed E-state index contributed by atoms with van der Waals surface area (Å²) in [5.41, 5.74) is -1.03. The number of carboxylic acids is 1. The van der Waals surface area contributed by atoms with Crippen molar-refractivity contribution < 1.29 is 14.6 Å². The van der Waals surface area contributed by atoms with E-state index in [1.54, 1.807) is 0 Å². The summed E-state index contributed by atoms with van der Waals surface area (Å²) in [7, 11) is 0. The molecule has 1 aromatic carbocycles. The molecule has 1 aliphatic carbocycles. The summed E-state index contributed by atoms with van der Waals surface area (Å²) < 4.78 is 5.78. The van der Waals surface area contributed by atoms with E-state index in [-0.39, 0.29) is 0 Å². The largest absolute Gasteiger partial charge is 0.478 e. The Morgan fingerprint density at radius 3 is 2.71 bits per heavy atom. The maximum absolute atomic E-state index is 11.5. The minimum absolute atomic E-state index is 0.406. The third kappa shape index (κ3) is 2.60. The fourth-order valence-corrected chi connectivity index (χ4v) is 2.55. The summed E-state index contributed by atoms with van der Waals surface area (Å²) in [6, 6.07) is 9.23. The van der Waals surface area contributed by atoms with Crippen molar-refractivity contribution in [1.29, 1.82) is 0 Å². The fourth-order valence-electron chi connectivity index (χ4n) is 2.55. The van der Waals surface area contributed by atoms with Crippen LogP contribution in [0.2, 0.25) is 0 Å². The van der Waals surface area contributed by atoms with Gasteiger partial charge in [0.25, 0.3) is 0 Å². The van der Waals surface area contributed by atoms with Gasteiger partial charge in [0.1, 0.15) is 5.75 Å². The number of rotatable bonds is 3. The van der Waals surface area contributed by atoms with E-state index in [1.165, 1.54) is 0 Å². The smallest absolute Gasteiger partial charge is 0.348 e. The molecule has 2 atom stereocenters. The Kier molecular flexibility index (Phi) is 3.36. The van der Waals surface area contributed by atoms with E-state index in [9.17, 15) is 9.90 Å². The Bertz CT molecular complexity index is 388. The van der Waals surface area contributed by atoms with Crippen molar-refractivity contribution in [2.24, 2.45) is 5.92 Å². The van der Waals surface area contributed by atoms with E-state index in [2.05, 4.69) is 6.92 Å². The molecule has 0 heterocycles. The topological polar surface area (TPSA) is 46.5 Å². The molecule has 0 saturated heterocycles. The maximum atomic E-state index is 11.5. The van der Waals surface area contributed by atoms with Gasteiger partial charge in [0.05, 0.1) is 0 Å². The highest BCUT2D eigenvalue weighted by Crippen LogP contribution is 2.36. The van der Waals surface area contributed by atoms with Crippen LogP contribution in [0.15, 0.2) is 30.3 Å². The number of hydrogen-bond donors (Lipinski definition) is 1. The van der Waals surface area contributed by atoms with Crippen molar-refractivity contribution in [1.82, 2.24) is 0 Å². The lowest BCUT2D eigenvalue weighted by Gasteiger charge is -2.36. The zero-order chi connectivity index (χ0) is 12.3. The van der Waals surface area contributed by atoms with Crippen LogP contribution in [0.1, 0.15) is 32.6 Å². The Labute approximate surface area is 101 Å². The molecule has 3 heteroatoms. The minimum Gasteiger partial charge on any atom is -0.478 e. The van der Waals surface area contributed by atoms with Gasteiger partial charge in [0, 0.05) is 6.42 Å². The van der Waals surface area contributed by atoms with Crippen molar-refractivity contribution in [3.8, 4) is 5.75 Å². The average molecular weight is 234 g/mol. The highest BCUT2D eigenvalue weighted by Gasteiger charge is 2.44. The molecule has 0 aliphatic heterocycles. The van der Waals surface area contributed by atoms with Gasteiger partial charge in [-0.1, -0.05) is 31.5 Å².